The predicted molar refractivity (Wildman–Crippen MR) is 75.1 cm³/mol. The molecule has 0 radical (unpaired) electrons. The van der Waals surface area contributed by atoms with Crippen molar-refractivity contribution < 1.29 is 21.9 Å². The third-order valence-electron chi connectivity index (χ3n) is 3.97. The van der Waals surface area contributed by atoms with E-state index in [0.29, 0.717) is 19.4 Å². The van der Waals surface area contributed by atoms with E-state index in [1.807, 2.05) is 0 Å². The van der Waals surface area contributed by atoms with Gasteiger partial charge in [0.15, 0.2) is 9.84 Å². The highest BCUT2D eigenvalue weighted by molar-refractivity contribution is 7.91. The first-order chi connectivity index (χ1) is 9.34. The average molecular weight is 326 g/mol. The number of rotatable bonds is 5. The molecule has 2 unspecified atom stereocenters. The van der Waals surface area contributed by atoms with Crippen LogP contribution in [-0.4, -0.2) is 63.5 Å². The van der Waals surface area contributed by atoms with Gasteiger partial charge in [-0.3, -0.25) is 0 Å². The Morgan fingerprint density at radius 2 is 2.00 bits per heavy atom. The van der Waals surface area contributed by atoms with Crippen molar-refractivity contribution in [2.45, 2.75) is 31.7 Å². The number of piperidine rings is 1. The second-order valence-electron chi connectivity index (χ2n) is 5.57. The number of hydrogen-bond acceptors (Lipinski definition) is 5. The molecular formula is C11H22N2O5S2. The summed E-state index contributed by atoms with van der Waals surface area (Å²) >= 11 is 0. The second kappa shape index (κ2) is 6.27. The summed E-state index contributed by atoms with van der Waals surface area (Å²) in [6.07, 6.45) is 2.87. The fourth-order valence-corrected chi connectivity index (χ4v) is 6.22. The fourth-order valence-electron chi connectivity index (χ4n) is 2.81. The third kappa shape index (κ3) is 3.91. The predicted octanol–water partition coefficient (Wildman–Crippen LogP) is -0.898. The number of aliphatic hydroxyl groups excluding tert-OH is 1. The molecule has 20 heavy (non-hydrogen) atoms. The van der Waals surface area contributed by atoms with Gasteiger partial charge in [0.25, 0.3) is 10.2 Å². The van der Waals surface area contributed by atoms with Crippen LogP contribution in [0.3, 0.4) is 0 Å². The monoisotopic (exact) mass is 326 g/mol. The highest BCUT2D eigenvalue weighted by Gasteiger charge is 2.33. The van der Waals surface area contributed by atoms with Crippen LogP contribution in [0.1, 0.15) is 25.7 Å². The van der Waals surface area contributed by atoms with Gasteiger partial charge in [0.1, 0.15) is 0 Å². The molecule has 2 N–H and O–H groups in total. The lowest BCUT2D eigenvalue weighted by Crippen LogP contribution is -2.51. The summed E-state index contributed by atoms with van der Waals surface area (Å²) in [6.45, 7) is 0.373. The van der Waals surface area contributed by atoms with Crippen LogP contribution in [0.4, 0.5) is 0 Å². The van der Waals surface area contributed by atoms with E-state index in [9.17, 15) is 21.9 Å². The van der Waals surface area contributed by atoms with Crippen LogP contribution >= 0.6 is 0 Å². The minimum Gasteiger partial charge on any atom is -0.395 e. The van der Waals surface area contributed by atoms with Crippen molar-refractivity contribution in [1.29, 1.82) is 0 Å². The quantitative estimate of drug-likeness (QED) is 0.681. The van der Waals surface area contributed by atoms with Crippen molar-refractivity contribution >= 4 is 20.0 Å². The maximum atomic E-state index is 12.2. The zero-order valence-electron chi connectivity index (χ0n) is 11.4. The number of nitrogens with one attached hydrogen (secondary N) is 1. The summed E-state index contributed by atoms with van der Waals surface area (Å²) in [5, 5.41) is 9.26. The Hall–Kier alpha value is -0.220. The lowest BCUT2D eigenvalue weighted by Gasteiger charge is -2.33. The van der Waals surface area contributed by atoms with Gasteiger partial charge in [0.05, 0.1) is 18.1 Å². The highest BCUT2D eigenvalue weighted by Crippen LogP contribution is 2.21. The summed E-state index contributed by atoms with van der Waals surface area (Å²) in [4.78, 5) is 0. The van der Waals surface area contributed by atoms with Gasteiger partial charge in [-0.15, -0.1) is 0 Å². The Labute approximate surface area is 120 Å². The second-order valence-corrected chi connectivity index (χ2v) is 9.50. The summed E-state index contributed by atoms with van der Waals surface area (Å²) in [6, 6.07) is -0.367. The normalized spacial score (nSPS) is 31.4. The van der Waals surface area contributed by atoms with E-state index in [1.54, 1.807) is 0 Å². The van der Waals surface area contributed by atoms with Gasteiger partial charge in [-0.05, 0) is 25.2 Å². The number of aliphatic hydroxyl groups is 1. The van der Waals surface area contributed by atoms with Gasteiger partial charge in [-0.1, -0.05) is 6.42 Å². The van der Waals surface area contributed by atoms with E-state index in [0.717, 1.165) is 12.8 Å². The van der Waals surface area contributed by atoms with Crippen LogP contribution < -0.4 is 4.72 Å². The van der Waals surface area contributed by atoms with E-state index in [-0.39, 0.29) is 36.6 Å². The molecule has 118 valence electrons. The molecule has 9 heteroatoms. The minimum absolute atomic E-state index is 0.0545. The van der Waals surface area contributed by atoms with Crippen LogP contribution in [0.25, 0.3) is 0 Å². The van der Waals surface area contributed by atoms with Gasteiger partial charge >= 0.3 is 0 Å². The van der Waals surface area contributed by atoms with Gasteiger partial charge in [0, 0.05) is 19.1 Å². The fraction of sp³-hybridized carbons (Fsp3) is 1.00. The first-order valence-electron chi connectivity index (χ1n) is 6.92. The lowest BCUT2D eigenvalue weighted by molar-refractivity contribution is 0.153. The Balaban J connectivity index is 1.93. The van der Waals surface area contributed by atoms with E-state index in [1.165, 1.54) is 4.31 Å². The van der Waals surface area contributed by atoms with Crippen molar-refractivity contribution in [3.8, 4) is 0 Å². The molecule has 2 aliphatic rings. The third-order valence-corrected chi connectivity index (χ3v) is 7.44. The number of sulfone groups is 1. The van der Waals surface area contributed by atoms with E-state index in [4.69, 9.17) is 0 Å². The van der Waals surface area contributed by atoms with Crippen molar-refractivity contribution in [3.05, 3.63) is 0 Å². The number of hydrogen-bond donors (Lipinski definition) is 2. The Morgan fingerprint density at radius 3 is 2.60 bits per heavy atom. The molecule has 7 nitrogen and oxygen atoms in total. The topological polar surface area (TPSA) is 104 Å². The van der Waals surface area contributed by atoms with E-state index in [2.05, 4.69) is 4.72 Å². The zero-order chi connectivity index (χ0) is 14.8. The molecule has 2 rings (SSSR count). The van der Waals surface area contributed by atoms with Gasteiger partial charge < -0.3 is 5.11 Å². The summed E-state index contributed by atoms with van der Waals surface area (Å²) in [7, 11) is -6.63. The molecule has 0 saturated carbocycles. The molecule has 0 bridgehead atoms. The van der Waals surface area contributed by atoms with Crippen molar-refractivity contribution in [3.63, 3.8) is 0 Å². The van der Waals surface area contributed by atoms with Crippen LogP contribution in [0, 0.1) is 5.92 Å². The lowest BCUT2D eigenvalue weighted by atomic mass is 10.1. The smallest absolute Gasteiger partial charge is 0.279 e. The summed E-state index contributed by atoms with van der Waals surface area (Å²) in [5.74, 6) is 0.0496. The largest absolute Gasteiger partial charge is 0.395 e. The van der Waals surface area contributed by atoms with Gasteiger partial charge in [-0.2, -0.15) is 12.7 Å². The molecule has 0 amide bonds. The molecule has 0 spiro atoms. The molecule has 2 aliphatic heterocycles. The molecule has 0 aromatic rings. The average Bonchev–Trinajstić information content (AvgIpc) is 2.76. The van der Waals surface area contributed by atoms with Crippen molar-refractivity contribution in [2.24, 2.45) is 5.92 Å². The van der Waals surface area contributed by atoms with Crippen LogP contribution in [0.15, 0.2) is 0 Å². The first-order valence-corrected chi connectivity index (χ1v) is 10.2. The van der Waals surface area contributed by atoms with E-state index < -0.39 is 20.0 Å². The van der Waals surface area contributed by atoms with Crippen LogP contribution in [0.5, 0.6) is 0 Å². The molecule has 0 aliphatic carbocycles. The Bertz CT molecular complexity index is 531. The van der Waals surface area contributed by atoms with Gasteiger partial charge in [-0.25, -0.2) is 13.1 Å². The summed E-state index contributed by atoms with van der Waals surface area (Å²) in [5.41, 5.74) is 0. The zero-order valence-corrected chi connectivity index (χ0v) is 13.0. The molecule has 2 atom stereocenters. The molecule has 2 heterocycles. The SMILES string of the molecule is O=S1(=O)CCC(CNS(=O)(=O)N2CCCCC2CO)C1. The Morgan fingerprint density at radius 1 is 1.25 bits per heavy atom. The molecule has 0 aromatic heterocycles. The van der Waals surface area contributed by atoms with Gasteiger partial charge in [0.2, 0.25) is 0 Å². The molecular weight excluding hydrogens is 304 g/mol. The number of nitrogens with zero attached hydrogens (tertiary/aromatic N) is 1. The maximum Gasteiger partial charge on any atom is 0.279 e. The van der Waals surface area contributed by atoms with Crippen LogP contribution in [0.2, 0.25) is 0 Å². The standard InChI is InChI=1S/C11H22N2O5S2/c14-8-11-3-1-2-5-13(11)20(17,18)12-7-10-4-6-19(15,16)9-10/h10-12,14H,1-9H2. The highest BCUT2D eigenvalue weighted by atomic mass is 32.2. The molecule has 2 fully saturated rings. The molecule has 0 aromatic carbocycles. The van der Waals surface area contributed by atoms with Crippen molar-refractivity contribution in [1.82, 2.24) is 9.03 Å². The van der Waals surface area contributed by atoms with Crippen molar-refractivity contribution in [2.75, 3.05) is 31.2 Å². The molecule has 2 saturated heterocycles. The van der Waals surface area contributed by atoms with E-state index >= 15 is 0 Å². The summed E-state index contributed by atoms with van der Waals surface area (Å²) < 4.78 is 50.9. The Kier molecular flexibility index (Phi) is 5.06. The minimum atomic E-state index is -3.64. The van der Waals surface area contributed by atoms with Crippen LogP contribution in [-0.2, 0) is 20.0 Å². The maximum absolute atomic E-state index is 12.2. The first kappa shape index (κ1) is 16.2.